The molecule has 0 aromatic rings. The van der Waals surface area contributed by atoms with Crippen LogP contribution in [0.15, 0.2) is 0 Å². The van der Waals surface area contributed by atoms with Crippen molar-refractivity contribution in [2.45, 2.75) is 6.42 Å². The molecule has 0 aliphatic heterocycles. The van der Waals surface area contributed by atoms with E-state index >= 15 is 0 Å². The second-order valence-electron chi connectivity index (χ2n) is 3.80. The number of hydrogen-bond donors (Lipinski definition) is 2. The van der Waals surface area contributed by atoms with Gasteiger partial charge in [0.1, 0.15) is 0 Å². The van der Waals surface area contributed by atoms with E-state index in [1.807, 2.05) is 0 Å². The molecule has 0 spiro atoms. The predicted octanol–water partition coefficient (Wildman–Crippen LogP) is -1.53. The second-order valence-corrected chi connectivity index (χ2v) is 3.80. The molecule has 3 N–H and O–H groups in total. The first-order valence-corrected chi connectivity index (χ1v) is 5.34. The highest BCUT2D eigenvalue weighted by Crippen LogP contribution is 1.91. The molecule has 0 radical (unpaired) electrons. The van der Waals surface area contributed by atoms with Gasteiger partial charge in [-0.15, -0.1) is 0 Å². The number of nitrogens with zero attached hydrogens (tertiary/aromatic N) is 2. The van der Waals surface area contributed by atoms with Gasteiger partial charge in [-0.05, 0) is 20.0 Å². The van der Waals surface area contributed by atoms with Crippen LogP contribution in [0.4, 0.5) is 0 Å². The van der Waals surface area contributed by atoms with Crippen molar-refractivity contribution in [2.24, 2.45) is 5.73 Å². The number of likely N-dealkylation sites (N-methyl/N-ethyl adjacent to an activating group) is 3. The highest BCUT2D eigenvalue weighted by molar-refractivity contribution is 5.80. The van der Waals surface area contributed by atoms with Crippen LogP contribution in [0, 0.1) is 0 Å². The first-order chi connectivity index (χ1) is 7.51. The van der Waals surface area contributed by atoms with Crippen molar-refractivity contribution in [2.75, 3.05) is 47.3 Å². The van der Waals surface area contributed by atoms with Crippen LogP contribution in [0.1, 0.15) is 6.42 Å². The summed E-state index contributed by atoms with van der Waals surface area (Å²) >= 11 is 0. The Morgan fingerprint density at radius 3 is 2.38 bits per heavy atom. The van der Waals surface area contributed by atoms with Gasteiger partial charge in [0, 0.05) is 20.6 Å². The number of carbonyl (C=O) groups excluding carboxylic acids is 2. The molecule has 0 atom stereocenters. The van der Waals surface area contributed by atoms with Crippen LogP contribution in [-0.2, 0) is 9.59 Å². The summed E-state index contributed by atoms with van der Waals surface area (Å²) in [5, 5.41) is 2.51. The van der Waals surface area contributed by atoms with Crippen LogP contribution >= 0.6 is 0 Å². The Kier molecular flexibility index (Phi) is 7.49. The normalized spacial score (nSPS) is 10.3. The minimum Gasteiger partial charge on any atom is -0.358 e. The molecule has 6 nitrogen and oxygen atoms in total. The molecule has 0 unspecified atom stereocenters. The predicted molar refractivity (Wildman–Crippen MR) is 62.9 cm³/mol. The molecule has 0 aliphatic rings. The summed E-state index contributed by atoms with van der Waals surface area (Å²) in [6.07, 6.45) is 0.793. The largest absolute Gasteiger partial charge is 0.358 e. The lowest BCUT2D eigenvalue weighted by Crippen LogP contribution is -2.41. The summed E-state index contributed by atoms with van der Waals surface area (Å²) < 4.78 is 0. The third-order valence-electron chi connectivity index (χ3n) is 2.22. The van der Waals surface area contributed by atoms with E-state index in [9.17, 15) is 9.59 Å². The van der Waals surface area contributed by atoms with Crippen LogP contribution in [0.2, 0.25) is 0 Å². The Bertz CT molecular complexity index is 233. The van der Waals surface area contributed by atoms with Crippen LogP contribution < -0.4 is 11.1 Å². The third kappa shape index (κ3) is 6.36. The Labute approximate surface area is 96.8 Å². The monoisotopic (exact) mass is 230 g/mol. The Morgan fingerprint density at radius 1 is 1.25 bits per heavy atom. The highest BCUT2D eigenvalue weighted by Gasteiger charge is 2.12. The molecular formula is C10H22N4O2. The number of amides is 2. The van der Waals surface area contributed by atoms with Gasteiger partial charge in [0.2, 0.25) is 11.8 Å². The summed E-state index contributed by atoms with van der Waals surface area (Å²) in [4.78, 5) is 26.0. The zero-order valence-electron chi connectivity index (χ0n) is 10.3. The first-order valence-electron chi connectivity index (χ1n) is 5.34. The Morgan fingerprint density at radius 2 is 1.88 bits per heavy atom. The smallest absolute Gasteiger partial charge is 0.236 e. The fourth-order valence-electron chi connectivity index (χ4n) is 1.18. The minimum absolute atomic E-state index is 0.000136. The molecule has 0 heterocycles. The van der Waals surface area contributed by atoms with Crippen LogP contribution in [0.25, 0.3) is 0 Å². The molecule has 0 bridgehead atoms. The molecule has 2 amide bonds. The second kappa shape index (κ2) is 8.06. The van der Waals surface area contributed by atoms with Gasteiger partial charge in [0.25, 0.3) is 0 Å². The van der Waals surface area contributed by atoms with Crippen molar-refractivity contribution in [3.05, 3.63) is 0 Å². The SMILES string of the molecule is CNC(=O)CN(C)CC(=O)N(C)CCCN. The van der Waals surface area contributed by atoms with Crippen molar-refractivity contribution < 1.29 is 9.59 Å². The number of hydrogen-bond acceptors (Lipinski definition) is 4. The fourth-order valence-corrected chi connectivity index (χ4v) is 1.18. The van der Waals surface area contributed by atoms with Gasteiger partial charge < -0.3 is 16.0 Å². The molecule has 0 saturated heterocycles. The molecule has 0 rings (SSSR count). The molecule has 0 aromatic carbocycles. The average Bonchev–Trinajstić information content (AvgIpc) is 2.25. The van der Waals surface area contributed by atoms with Gasteiger partial charge in [0.15, 0.2) is 0 Å². The lowest BCUT2D eigenvalue weighted by molar-refractivity contribution is -0.131. The molecule has 0 aliphatic carbocycles. The Hall–Kier alpha value is -1.14. The summed E-state index contributed by atoms with van der Waals surface area (Å²) in [7, 11) is 5.06. The van der Waals surface area contributed by atoms with Crippen molar-refractivity contribution >= 4 is 11.8 Å². The maximum atomic E-state index is 11.6. The standard InChI is InChI=1S/C10H22N4O2/c1-12-9(15)7-13(2)8-10(16)14(3)6-4-5-11/h4-8,11H2,1-3H3,(H,12,15). The highest BCUT2D eigenvalue weighted by atomic mass is 16.2. The average molecular weight is 230 g/mol. The maximum absolute atomic E-state index is 11.6. The molecule has 94 valence electrons. The molecule has 0 fully saturated rings. The van der Waals surface area contributed by atoms with Crippen molar-refractivity contribution in [3.63, 3.8) is 0 Å². The van der Waals surface area contributed by atoms with E-state index in [4.69, 9.17) is 5.73 Å². The minimum atomic E-state index is -0.0973. The van der Waals surface area contributed by atoms with E-state index in [-0.39, 0.29) is 24.9 Å². The van der Waals surface area contributed by atoms with Gasteiger partial charge in [-0.1, -0.05) is 0 Å². The number of rotatable bonds is 7. The zero-order chi connectivity index (χ0) is 12.6. The van der Waals surface area contributed by atoms with Crippen molar-refractivity contribution in [3.8, 4) is 0 Å². The lowest BCUT2D eigenvalue weighted by atomic mass is 10.3. The van der Waals surface area contributed by atoms with Crippen LogP contribution in [0.5, 0.6) is 0 Å². The van der Waals surface area contributed by atoms with E-state index in [0.29, 0.717) is 13.1 Å². The molecule has 16 heavy (non-hydrogen) atoms. The summed E-state index contributed by atoms with van der Waals surface area (Å²) in [5.41, 5.74) is 5.36. The van der Waals surface area contributed by atoms with Crippen molar-refractivity contribution in [1.29, 1.82) is 0 Å². The lowest BCUT2D eigenvalue weighted by Gasteiger charge is -2.21. The molecule has 0 aromatic heterocycles. The van der Waals surface area contributed by atoms with E-state index < -0.39 is 0 Å². The summed E-state index contributed by atoms with van der Waals surface area (Å²) in [6.45, 7) is 1.70. The molecule has 0 saturated carbocycles. The third-order valence-corrected chi connectivity index (χ3v) is 2.22. The number of nitrogens with two attached hydrogens (primary N) is 1. The van der Waals surface area contributed by atoms with Crippen molar-refractivity contribution in [1.82, 2.24) is 15.1 Å². The van der Waals surface area contributed by atoms with E-state index in [2.05, 4.69) is 5.32 Å². The maximum Gasteiger partial charge on any atom is 0.236 e. The van der Waals surface area contributed by atoms with E-state index in [1.54, 1.807) is 30.9 Å². The van der Waals surface area contributed by atoms with Gasteiger partial charge >= 0.3 is 0 Å². The quantitative estimate of drug-likeness (QED) is 0.556. The van der Waals surface area contributed by atoms with Gasteiger partial charge in [0.05, 0.1) is 13.1 Å². The molecular weight excluding hydrogens is 208 g/mol. The van der Waals surface area contributed by atoms with Gasteiger partial charge in [-0.2, -0.15) is 0 Å². The summed E-state index contributed by atoms with van der Waals surface area (Å²) in [6, 6.07) is 0. The number of nitrogens with one attached hydrogen (secondary N) is 1. The van der Waals surface area contributed by atoms with E-state index in [0.717, 1.165) is 6.42 Å². The summed E-state index contributed by atoms with van der Waals surface area (Å²) in [5.74, 6) is -0.0974. The number of carbonyl (C=O) groups is 2. The molecule has 6 heteroatoms. The Balaban J connectivity index is 3.89. The van der Waals surface area contributed by atoms with Crippen LogP contribution in [0.3, 0.4) is 0 Å². The zero-order valence-corrected chi connectivity index (χ0v) is 10.3. The first kappa shape index (κ1) is 14.9. The fraction of sp³-hybridized carbons (Fsp3) is 0.800. The topological polar surface area (TPSA) is 78.7 Å². The van der Waals surface area contributed by atoms with Gasteiger partial charge in [-0.3, -0.25) is 14.5 Å². The van der Waals surface area contributed by atoms with Crippen LogP contribution in [-0.4, -0.2) is 68.9 Å². The van der Waals surface area contributed by atoms with Gasteiger partial charge in [-0.25, -0.2) is 0 Å². The van der Waals surface area contributed by atoms with E-state index in [1.165, 1.54) is 0 Å².